The van der Waals surface area contributed by atoms with Gasteiger partial charge in [-0.1, -0.05) is 6.42 Å². The minimum Gasteiger partial charge on any atom is -0.497 e. The highest BCUT2D eigenvalue weighted by molar-refractivity contribution is 5.94. The molecule has 26 heavy (non-hydrogen) atoms. The second kappa shape index (κ2) is 6.82. The maximum atomic E-state index is 12.3. The van der Waals surface area contributed by atoms with Crippen LogP contribution in [0.3, 0.4) is 0 Å². The number of hydrogen-bond acceptors (Lipinski definition) is 4. The fraction of sp³-hybridized carbons (Fsp3) is 0.421. The van der Waals surface area contributed by atoms with E-state index in [9.17, 15) is 9.59 Å². The van der Waals surface area contributed by atoms with E-state index in [0.29, 0.717) is 23.2 Å². The predicted octanol–water partition coefficient (Wildman–Crippen LogP) is 2.28. The van der Waals surface area contributed by atoms with Crippen LogP contribution in [0, 0.1) is 17.8 Å². The van der Waals surface area contributed by atoms with Gasteiger partial charge < -0.3 is 4.74 Å². The largest absolute Gasteiger partial charge is 0.497 e. The van der Waals surface area contributed by atoms with Crippen LogP contribution in [-0.4, -0.2) is 29.1 Å². The van der Waals surface area contributed by atoms with Crippen molar-refractivity contribution < 1.29 is 14.3 Å². The number of rotatable bonds is 4. The van der Waals surface area contributed by atoms with Crippen LogP contribution in [0.15, 0.2) is 30.3 Å². The second-order valence-corrected chi connectivity index (χ2v) is 7.12. The molecule has 3 atom stereocenters. The van der Waals surface area contributed by atoms with Gasteiger partial charge in [0.25, 0.3) is 5.91 Å². The molecule has 7 nitrogen and oxygen atoms in total. The maximum Gasteiger partial charge on any atom is 0.287 e. The first-order chi connectivity index (χ1) is 12.6. The number of nitrogens with one attached hydrogen (secondary N) is 3. The van der Waals surface area contributed by atoms with E-state index in [2.05, 4.69) is 21.0 Å². The third kappa shape index (κ3) is 3.16. The Morgan fingerprint density at radius 1 is 1.15 bits per heavy atom. The van der Waals surface area contributed by atoms with Gasteiger partial charge in [0.05, 0.1) is 12.8 Å². The van der Waals surface area contributed by atoms with E-state index in [1.54, 1.807) is 13.2 Å². The summed E-state index contributed by atoms with van der Waals surface area (Å²) in [7, 11) is 1.61. The molecular formula is C19H22N4O3. The fourth-order valence-corrected chi connectivity index (χ4v) is 4.19. The number of fused-ring (bicyclic) bond motifs is 2. The van der Waals surface area contributed by atoms with Crippen LogP contribution in [0.25, 0.3) is 11.3 Å². The van der Waals surface area contributed by atoms with Crippen LogP contribution in [-0.2, 0) is 4.79 Å². The topological polar surface area (TPSA) is 96.1 Å². The van der Waals surface area contributed by atoms with Crippen molar-refractivity contribution in [3.8, 4) is 17.0 Å². The predicted molar refractivity (Wildman–Crippen MR) is 95.1 cm³/mol. The molecule has 0 radical (unpaired) electrons. The third-order valence-electron chi connectivity index (χ3n) is 5.58. The Balaban J connectivity index is 1.35. The molecule has 3 N–H and O–H groups in total. The van der Waals surface area contributed by atoms with Crippen LogP contribution < -0.4 is 15.6 Å². The summed E-state index contributed by atoms with van der Waals surface area (Å²) < 4.78 is 5.13. The normalized spacial score (nSPS) is 23.7. The highest BCUT2D eigenvalue weighted by Crippen LogP contribution is 2.48. The Hall–Kier alpha value is -2.83. The molecule has 1 aromatic carbocycles. The summed E-state index contributed by atoms with van der Waals surface area (Å²) in [5.74, 6) is 1.46. The first kappa shape index (κ1) is 16.6. The van der Waals surface area contributed by atoms with Gasteiger partial charge in [-0.05, 0) is 61.4 Å². The average Bonchev–Trinajstić information content (AvgIpc) is 3.42. The zero-order valence-corrected chi connectivity index (χ0v) is 14.6. The number of ether oxygens (including phenoxy) is 1. The van der Waals surface area contributed by atoms with Gasteiger partial charge in [-0.15, -0.1) is 0 Å². The van der Waals surface area contributed by atoms with Crippen molar-refractivity contribution in [1.29, 1.82) is 0 Å². The Morgan fingerprint density at radius 3 is 2.62 bits per heavy atom. The molecule has 4 rings (SSSR count). The molecule has 136 valence electrons. The monoisotopic (exact) mass is 354 g/mol. The number of H-pyrrole nitrogens is 1. The van der Waals surface area contributed by atoms with Crippen molar-refractivity contribution in [3.63, 3.8) is 0 Å². The Kier molecular flexibility index (Phi) is 4.36. The summed E-state index contributed by atoms with van der Waals surface area (Å²) in [5.41, 5.74) is 6.87. The van der Waals surface area contributed by atoms with Gasteiger partial charge in [0.2, 0.25) is 5.91 Å². The Labute approximate surface area is 151 Å². The lowest BCUT2D eigenvalue weighted by molar-refractivity contribution is -0.127. The van der Waals surface area contributed by atoms with Gasteiger partial charge in [-0.2, -0.15) is 5.10 Å². The number of benzene rings is 1. The summed E-state index contributed by atoms with van der Waals surface area (Å²) in [6.07, 6.45) is 4.46. The highest BCUT2D eigenvalue weighted by atomic mass is 16.5. The van der Waals surface area contributed by atoms with E-state index in [-0.39, 0.29) is 11.8 Å². The minimum atomic E-state index is -0.409. The summed E-state index contributed by atoms with van der Waals surface area (Å²) in [6.45, 7) is 0. The quantitative estimate of drug-likeness (QED) is 0.734. The van der Waals surface area contributed by atoms with Gasteiger partial charge in [-0.3, -0.25) is 25.5 Å². The maximum absolute atomic E-state index is 12.3. The molecule has 2 aliphatic rings. The van der Waals surface area contributed by atoms with Crippen LogP contribution in [0.4, 0.5) is 0 Å². The SMILES string of the molecule is COc1ccc(-c2cc(C(=O)NNC(=O)C3CC4CCC3C4)[nH]n2)cc1. The summed E-state index contributed by atoms with van der Waals surface area (Å²) >= 11 is 0. The molecule has 0 spiro atoms. The number of hydrazine groups is 1. The van der Waals surface area contributed by atoms with Crippen molar-refractivity contribution >= 4 is 11.8 Å². The number of aromatic amines is 1. The Morgan fingerprint density at radius 2 is 1.96 bits per heavy atom. The van der Waals surface area contributed by atoms with Gasteiger partial charge in [-0.25, -0.2) is 0 Å². The molecule has 0 saturated heterocycles. The second-order valence-electron chi connectivity index (χ2n) is 7.12. The Bertz CT molecular complexity index is 814. The van der Waals surface area contributed by atoms with Gasteiger partial charge in [0.1, 0.15) is 11.4 Å². The highest BCUT2D eigenvalue weighted by Gasteiger charge is 2.43. The fourth-order valence-electron chi connectivity index (χ4n) is 4.19. The molecule has 2 saturated carbocycles. The van der Waals surface area contributed by atoms with Crippen LogP contribution in [0.2, 0.25) is 0 Å². The zero-order valence-electron chi connectivity index (χ0n) is 14.6. The molecule has 2 bridgehead atoms. The van der Waals surface area contributed by atoms with E-state index in [0.717, 1.165) is 30.6 Å². The first-order valence-corrected chi connectivity index (χ1v) is 8.94. The molecule has 1 aromatic heterocycles. The molecule has 2 aromatic rings. The van der Waals surface area contributed by atoms with Crippen LogP contribution in [0.5, 0.6) is 5.75 Å². The standard InChI is InChI=1S/C19H22N4O3/c1-26-14-6-4-12(5-7-14)16-10-17(21-20-16)19(25)23-22-18(24)15-9-11-2-3-13(15)8-11/h4-7,10-11,13,15H,2-3,8-9H2,1H3,(H,20,21)(H,22,24)(H,23,25). The first-order valence-electron chi connectivity index (χ1n) is 8.94. The summed E-state index contributed by atoms with van der Waals surface area (Å²) in [6, 6.07) is 9.06. The van der Waals surface area contributed by atoms with Crippen LogP contribution in [0.1, 0.15) is 36.2 Å². The van der Waals surface area contributed by atoms with Crippen molar-refractivity contribution in [2.75, 3.05) is 7.11 Å². The summed E-state index contributed by atoms with van der Waals surface area (Å²) in [5, 5.41) is 6.87. The molecular weight excluding hydrogens is 332 g/mol. The molecule has 2 aliphatic carbocycles. The van der Waals surface area contributed by atoms with E-state index in [1.807, 2.05) is 24.3 Å². The number of amides is 2. The van der Waals surface area contributed by atoms with Crippen molar-refractivity contribution in [2.24, 2.45) is 17.8 Å². The number of hydrogen-bond donors (Lipinski definition) is 3. The number of nitrogens with zero attached hydrogens (tertiary/aromatic N) is 1. The van der Waals surface area contributed by atoms with Crippen molar-refractivity contribution in [3.05, 3.63) is 36.0 Å². The number of carbonyl (C=O) groups is 2. The minimum absolute atomic E-state index is 0.0330. The van der Waals surface area contributed by atoms with E-state index in [4.69, 9.17) is 4.74 Å². The van der Waals surface area contributed by atoms with E-state index in [1.165, 1.54) is 6.42 Å². The molecule has 2 fully saturated rings. The molecule has 1 heterocycles. The third-order valence-corrected chi connectivity index (χ3v) is 5.58. The lowest BCUT2D eigenvalue weighted by Crippen LogP contribution is -2.45. The summed E-state index contributed by atoms with van der Waals surface area (Å²) in [4.78, 5) is 24.5. The van der Waals surface area contributed by atoms with Crippen LogP contribution >= 0.6 is 0 Å². The molecule has 2 amide bonds. The van der Waals surface area contributed by atoms with Crippen molar-refractivity contribution in [2.45, 2.75) is 25.7 Å². The number of carbonyl (C=O) groups excluding carboxylic acids is 2. The molecule has 7 heteroatoms. The zero-order chi connectivity index (χ0) is 18.1. The smallest absolute Gasteiger partial charge is 0.287 e. The van der Waals surface area contributed by atoms with Gasteiger partial charge in [0, 0.05) is 11.5 Å². The van der Waals surface area contributed by atoms with E-state index < -0.39 is 5.91 Å². The number of aromatic nitrogens is 2. The molecule has 0 aliphatic heterocycles. The lowest BCUT2D eigenvalue weighted by atomic mass is 9.88. The lowest BCUT2D eigenvalue weighted by Gasteiger charge is -2.20. The molecule has 3 unspecified atom stereocenters. The number of methoxy groups -OCH3 is 1. The van der Waals surface area contributed by atoms with Crippen molar-refractivity contribution in [1.82, 2.24) is 21.0 Å². The average molecular weight is 354 g/mol. The van der Waals surface area contributed by atoms with Gasteiger partial charge >= 0.3 is 0 Å². The van der Waals surface area contributed by atoms with E-state index >= 15 is 0 Å². The van der Waals surface area contributed by atoms with Gasteiger partial charge in [0.15, 0.2) is 0 Å².